The lowest BCUT2D eigenvalue weighted by Crippen LogP contribution is -2.46. The lowest BCUT2D eigenvalue weighted by Gasteiger charge is -2.32. The third-order valence-corrected chi connectivity index (χ3v) is 6.03. The van der Waals surface area contributed by atoms with E-state index in [9.17, 15) is 9.59 Å². The molecule has 0 bridgehead atoms. The van der Waals surface area contributed by atoms with Gasteiger partial charge in [0.25, 0.3) is 5.91 Å². The molecule has 1 heterocycles. The van der Waals surface area contributed by atoms with Gasteiger partial charge in [-0.2, -0.15) is 0 Å². The number of nitrogens with zero attached hydrogens (tertiary/aromatic N) is 3. The Hall–Kier alpha value is -2.48. The summed E-state index contributed by atoms with van der Waals surface area (Å²) in [4.78, 5) is 29.1. The van der Waals surface area contributed by atoms with Gasteiger partial charge in [0.05, 0.1) is 4.88 Å². The van der Waals surface area contributed by atoms with Crippen molar-refractivity contribution in [3.8, 4) is 0 Å². The minimum absolute atomic E-state index is 0.140. The molecule has 1 atom stereocenters. The van der Waals surface area contributed by atoms with E-state index in [-0.39, 0.29) is 17.6 Å². The maximum absolute atomic E-state index is 13.7. The van der Waals surface area contributed by atoms with Crippen LogP contribution in [0.25, 0.3) is 0 Å². The fraction of sp³-hybridized carbons (Fsp3) is 0.273. The van der Waals surface area contributed by atoms with E-state index in [2.05, 4.69) is 14.9 Å². The molecule has 0 spiro atoms. The third-order valence-electron chi connectivity index (χ3n) is 4.64. The molecule has 3 rings (SSSR count). The summed E-state index contributed by atoms with van der Waals surface area (Å²) in [6.07, 6.45) is 0. The highest BCUT2D eigenvalue weighted by atomic mass is 35.5. The molecule has 6 nitrogen and oxygen atoms in total. The number of aromatic nitrogens is 2. The number of hydrogen-bond donors (Lipinski definition) is 1. The minimum atomic E-state index is -1.04. The molecule has 31 heavy (non-hydrogen) atoms. The second kappa shape index (κ2) is 9.77. The Balaban J connectivity index is 2.25. The van der Waals surface area contributed by atoms with E-state index < -0.39 is 11.9 Å². The van der Waals surface area contributed by atoms with Crippen molar-refractivity contribution in [2.24, 2.45) is 0 Å². The van der Waals surface area contributed by atoms with Crippen molar-refractivity contribution in [3.05, 3.63) is 74.2 Å². The second-order valence-corrected chi connectivity index (χ2v) is 9.15. The van der Waals surface area contributed by atoms with Crippen LogP contribution in [-0.2, 0) is 4.79 Å². The molecular formula is C22H22Cl2N4O2S. The van der Waals surface area contributed by atoms with Crippen LogP contribution in [0.5, 0.6) is 0 Å². The molecule has 0 saturated carbocycles. The first kappa shape index (κ1) is 23.2. The van der Waals surface area contributed by atoms with Crippen LogP contribution in [0.1, 0.15) is 46.4 Å². The van der Waals surface area contributed by atoms with Crippen molar-refractivity contribution in [1.29, 1.82) is 0 Å². The summed E-state index contributed by atoms with van der Waals surface area (Å²) in [7, 11) is 0. The Morgan fingerprint density at radius 3 is 2.35 bits per heavy atom. The monoisotopic (exact) mass is 476 g/mol. The van der Waals surface area contributed by atoms with Crippen LogP contribution in [0.2, 0.25) is 10.0 Å². The zero-order valence-corrected chi connectivity index (χ0v) is 19.8. The maximum atomic E-state index is 13.7. The molecule has 0 aliphatic heterocycles. The van der Waals surface area contributed by atoms with Crippen molar-refractivity contribution >= 4 is 52.2 Å². The number of anilines is 1. The van der Waals surface area contributed by atoms with Crippen LogP contribution >= 0.6 is 34.7 Å². The van der Waals surface area contributed by atoms with Crippen LogP contribution in [0.4, 0.5) is 5.69 Å². The summed E-state index contributed by atoms with van der Waals surface area (Å²) in [5.41, 5.74) is 1.98. The first-order chi connectivity index (χ1) is 14.7. The van der Waals surface area contributed by atoms with Crippen molar-refractivity contribution in [3.63, 3.8) is 0 Å². The highest BCUT2D eigenvalue weighted by molar-refractivity contribution is 7.05. The number of rotatable bonds is 6. The van der Waals surface area contributed by atoms with Gasteiger partial charge in [-0.25, -0.2) is 0 Å². The van der Waals surface area contributed by atoms with Gasteiger partial charge in [-0.3, -0.25) is 14.5 Å². The number of carbonyl (C=O) groups is 2. The molecule has 9 heteroatoms. The zero-order chi connectivity index (χ0) is 22.7. The number of benzene rings is 2. The lowest BCUT2D eigenvalue weighted by molar-refractivity contribution is -0.123. The van der Waals surface area contributed by atoms with Crippen LogP contribution < -0.4 is 10.2 Å². The molecule has 0 aliphatic carbocycles. The molecule has 0 saturated heterocycles. The highest BCUT2D eigenvalue weighted by Gasteiger charge is 2.36. The van der Waals surface area contributed by atoms with Gasteiger partial charge >= 0.3 is 0 Å². The molecule has 2 aromatic carbocycles. The SMILES string of the molecule is Cc1ccc(N(C(=O)c2nnsc2C)C(C(=O)NC(C)C)c2ccccc2Cl)cc1Cl. The fourth-order valence-corrected chi connectivity index (χ4v) is 3.99. The summed E-state index contributed by atoms with van der Waals surface area (Å²) in [5, 5.41) is 7.75. The van der Waals surface area contributed by atoms with E-state index >= 15 is 0 Å². The van der Waals surface area contributed by atoms with Crippen LogP contribution in [0.15, 0.2) is 42.5 Å². The van der Waals surface area contributed by atoms with Crippen molar-refractivity contribution in [2.45, 2.75) is 39.8 Å². The predicted octanol–water partition coefficient (Wildman–Crippen LogP) is 5.37. The van der Waals surface area contributed by atoms with Crippen LogP contribution in [0, 0.1) is 13.8 Å². The normalized spacial score (nSPS) is 12.0. The van der Waals surface area contributed by atoms with Gasteiger partial charge in [0, 0.05) is 27.3 Å². The van der Waals surface area contributed by atoms with E-state index in [4.69, 9.17) is 23.2 Å². The van der Waals surface area contributed by atoms with Crippen molar-refractivity contribution < 1.29 is 9.59 Å². The Kier molecular flexibility index (Phi) is 7.30. The Morgan fingerprint density at radius 2 is 1.77 bits per heavy atom. The zero-order valence-electron chi connectivity index (χ0n) is 17.5. The topological polar surface area (TPSA) is 75.2 Å². The molecule has 1 aromatic heterocycles. The first-order valence-electron chi connectivity index (χ1n) is 9.64. The van der Waals surface area contributed by atoms with Crippen LogP contribution in [0.3, 0.4) is 0 Å². The quantitative estimate of drug-likeness (QED) is 0.518. The summed E-state index contributed by atoms with van der Waals surface area (Å²) in [6, 6.07) is 11.0. The second-order valence-electron chi connectivity index (χ2n) is 7.37. The van der Waals surface area contributed by atoms with E-state index in [0.717, 1.165) is 17.1 Å². The molecule has 3 aromatic rings. The van der Waals surface area contributed by atoms with Crippen molar-refractivity contribution in [1.82, 2.24) is 14.9 Å². The number of carbonyl (C=O) groups excluding carboxylic acids is 2. The van der Waals surface area contributed by atoms with Gasteiger partial charge in [0.2, 0.25) is 5.91 Å². The summed E-state index contributed by atoms with van der Waals surface area (Å²) in [6.45, 7) is 7.33. The van der Waals surface area contributed by atoms with Gasteiger partial charge in [-0.05, 0) is 63.0 Å². The maximum Gasteiger partial charge on any atom is 0.281 e. The average Bonchev–Trinajstić information content (AvgIpc) is 3.14. The summed E-state index contributed by atoms with van der Waals surface area (Å²) in [5.74, 6) is -0.830. The molecular weight excluding hydrogens is 455 g/mol. The molecule has 1 N–H and O–H groups in total. The molecule has 0 fully saturated rings. The standard InChI is InChI=1S/C22H22Cl2N4O2S/c1-12(2)25-21(29)20(16-7-5-6-8-17(16)23)28(15-10-9-13(3)18(24)11-15)22(30)19-14(4)31-27-26-19/h5-12,20H,1-4H3,(H,25,29). The van der Waals surface area contributed by atoms with Gasteiger partial charge in [0.1, 0.15) is 6.04 Å². The average molecular weight is 477 g/mol. The number of halogens is 2. The van der Waals surface area contributed by atoms with Gasteiger partial charge in [-0.15, -0.1) is 5.10 Å². The molecule has 0 aliphatic rings. The third kappa shape index (κ3) is 5.06. The Bertz CT molecular complexity index is 1120. The minimum Gasteiger partial charge on any atom is -0.352 e. The molecule has 1 unspecified atom stereocenters. The van der Waals surface area contributed by atoms with Crippen molar-refractivity contribution in [2.75, 3.05) is 4.90 Å². The molecule has 162 valence electrons. The van der Waals surface area contributed by atoms with E-state index in [1.807, 2.05) is 20.8 Å². The van der Waals surface area contributed by atoms with E-state index in [1.165, 1.54) is 4.90 Å². The van der Waals surface area contributed by atoms with Gasteiger partial charge in [0.15, 0.2) is 5.69 Å². The molecule has 0 radical (unpaired) electrons. The van der Waals surface area contributed by atoms with Crippen LogP contribution in [-0.4, -0.2) is 27.4 Å². The number of amides is 2. The first-order valence-corrected chi connectivity index (χ1v) is 11.2. The highest BCUT2D eigenvalue weighted by Crippen LogP contribution is 2.35. The Morgan fingerprint density at radius 1 is 1.06 bits per heavy atom. The van der Waals surface area contributed by atoms with Gasteiger partial charge in [-0.1, -0.05) is 52.0 Å². The van der Waals surface area contributed by atoms with Gasteiger partial charge < -0.3 is 5.32 Å². The molecule has 2 amide bonds. The number of aryl methyl sites for hydroxylation is 2. The number of nitrogens with one attached hydrogen (secondary N) is 1. The predicted molar refractivity (Wildman–Crippen MR) is 125 cm³/mol. The largest absolute Gasteiger partial charge is 0.352 e. The summed E-state index contributed by atoms with van der Waals surface area (Å²) >= 11 is 14.0. The summed E-state index contributed by atoms with van der Waals surface area (Å²) < 4.78 is 3.88. The Labute approximate surface area is 195 Å². The number of hydrogen-bond acceptors (Lipinski definition) is 5. The fourth-order valence-electron chi connectivity index (χ4n) is 3.12. The smallest absolute Gasteiger partial charge is 0.281 e. The van der Waals surface area contributed by atoms with E-state index in [0.29, 0.717) is 26.2 Å². The van der Waals surface area contributed by atoms with E-state index in [1.54, 1.807) is 49.4 Å². The lowest BCUT2D eigenvalue weighted by atomic mass is 10.0.